The SMILES string of the molecule is C/C=C/C=C(/C#N)CC.CC. The van der Waals surface area contributed by atoms with Gasteiger partial charge in [0.25, 0.3) is 0 Å². The lowest BCUT2D eigenvalue weighted by Crippen LogP contribution is -1.70. The molecule has 0 aliphatic carbocycles. The zero-order chi connectivity index (χ0) is 9.11. The zero-order valence-corrected chi connectivity index (χ0v) is 7.89. The maximum atomic E-state index is 8.40. The van der Waals surface area contributed by atoms with Crippen LogP contribution in [0.5, 0.6) is 0 Å². The highest BCUT2D eigenvalue weighted by molar-refractivity contribution is 5.24. The maximum absolute atomic E-state index is 8.40. The third-order valence-electron chi connectivity index (χ3n) is 1.01. The van der Waals surface area contributed by atoms with Crippen LogP contribution in [-0.4, -0.2) is 0 Å². The Balaban J connectivity index is 0. The minimum atomic E-state index is 0.820. The number of hydrogen-bond donors (Lipinski definition) is 0. The van der Waals surface area contributed by atoms with Crippen molar-refractivity contribution in [3.8, 4) is 6.07 Å². The lowest BCUT2D eigenvalue weighted by molar-refractivity contribution is 1.15. The molecule has 1 heteroatoms. The highest BCUT2D eigenvalue weighted by atomic mass is 14.2. The highest BCUT2D eigenvalue weighted by Crippen LogP contribution is 1.96. The van der Waals surface area contributed by atoms with Crippen molar-refractivity contribution in [2.75, 3.05) is 0 Å². The minimum absolute atomic E-state index is 0.820. The molecular formula is C10H17N. The molecule has 0 rings (SSSR count). The van der Waals surface area contributed by atoms with Gasteiger partial charge in [-0.25, -0.2) is 0 Å². The number of nitrogens with zero attached hydrogens (tertiary/aromatic N) is 1. The molecule has 1 nitrogen and oxygen atoms in total. The van der Waals surface area contributed by atoms with Gasteiger partial charge in [0.05, 0.1) is 6.07 Å². The van der Waals surface area contributed by atoms with Crippen LogP contribution in [0.4, 0.5) is 0 Å². The number of rotatable bonds is 2. The predicted octanol–water partition coefficient (Wildman–Crippen LogP) is 3.45. The Hall–Kier alpha value is -1.03. The molecule has 0 heterocycles. The first-order valence-electron chi connectivity index (χ1n) is 4.07. The fraction of sp³-hybridized carbons (Fsp3) is 0.500. The van der Waals surface area contributed by atoms with E-state index in [-0.39, 0.29) is 0 Å². The van der Waals surface area contributed by atoms with Crippen LogP contribution < -0.4 is 0 Å². The molecule has 0 bridgehead atoms. The Morgan fingerprint density at radius 2 is 2.00 bits per heavy atom. The molecule has 11 heavy (non-hydrogen) atoms. The van der Waals surface area contributed by atoms with Crippen LogP contribution in [0, 0.1) is 11.3 Å². The summed E-state index contributed by atoms with van der Waals surface area (Å²) in [6.45, 7) is 7.90. The van der Waals surface area contributed by atoms with Crippen LogP contribution >= 0.6 is 0 Å². The molecule has 0 spiro atoms. The molecule has 0 N–H and O–H groups in total. The lowest BCUT2D eigenvalue weighted by atomic mass is 10.2. The van der Waals surface area contributed by atoms with Crippen LogP contribution in [0.15, 0.2) is 23.8 Å². The van der Waals surface area contributed by atoms with Gasteiger partial charge in [0.15, 0.2) is 0 Å². The summed E-state index contributed by atoms with van der Waals surface area (Å²) in [5.41, 5.74) is 0.827. The van der Waals surface area contributed by atoms with E-state index in [0.717, 1.165) is 12.0 Å². The second kappa shape index (κ2) is 11.7. The van der Waals surface area contributed by atoms with Crippen molar-refractivity contribution in [2.24, 2.45) is 0 Å². The van der Waals surface area contributed by atoms with Crippen molar-refractivity contribution >= 4 is 0 Å². The van der Waals surface area contributed by atoms with Crippen molar-refractivity contribution in [3.63, 3.8) is 0 Å². The summed E-state index contributed by atoms with van der Waals surface area (Å²) in [7, 11) is 0. The van der Waals surface area contributed by atoms with E-state index >= 15 is 0 Å². The maximum Gasteiger partial charge on any atom is 0.0946 e. The van der Waals surface area contributed by atoms with Gasteiger partial charge in [-0.2, -0.15) is 5.26 Å². The largest absolute Gasteiger partial charge is 0.193 e. The Kier molecular flexibility index (Phi) is 13.5. The highest BCUT2D eigenvalue weighted by Gasteiger charge is 1.83. The number of nitriles is 1. The zero-order valence-electron chi connectivity index (χ0n) is 7.89. The summed E-state index contributed by atoms with van der Waals surface area (Å²) in [5.74, 6) is 0. The Bertz CT molecular complexity index is 158. The molecule has 0 aliphatic rings. The van der Waals surface area contributed by atoms with Crippen molar-refractivity contribution in [1.82, 2.24) is 0 Å². The van der Waals surface area contributed by atoms with E-state index in [0.29, 0.717) is 0 Å². The van der Waals surface area contributed by atoms with Crippen molar-refractivity contribution in [1.29, 1.82) is 5.26 Å². The normalized spacial score (nSPS) is 10.3. The average molecular weight is 151 g/mol. The van der Waals surface area contributed by atoms with Gasteiger partial charge in [0.2, 0.25) is 0 Å². The quantitative estimate of drug-likeness (QED) is 0.438. The monoisotopic (exact) mass is 151 g/mol. The first-order valence-corrected chi connectivity index (χ1v) is 4.07. The van der Waals surface area contributed by atoms with E-state index in [1.54, 1.807) is 0 Å². The van der Waals surface area contributed by atoms with E-state index in [2.05, 4.69) is 6.07 Å². The van der Waals surface area contributed by atoms with Crippen molar-refractivity contribution < 1.29 is 0 Å². The first kappa shape index (κ1) is 12.6. The third kappa shape index (κ3) is 8.97. The van der Waals surface area contributed by atoms with Gasteiger partial charge in [0.1, 0.15) is 0 Å². The standard InChI is InChI=1S/C8H11N.C2H6/c1-3-5-6-8(4-2)7-9;1-2/h3,5-6H,4H2,1-2H3;1-2H3/b5-3+,8-6+;. The van der Waals surface area contributed by atoms with E-state index in [9.17, 15) is 0 Å². The van der Waals surface area contributed by atoms with Gasteiger partial charge < -0.3 is 0 Å². The van der Waals surface area contributed by atoms with Crippen LogP contribution in [0.25, 0.3) is 0 Å². The predicted molar refractivity (Wildman–Crippen MR) is 50.1 cm³/mol. The van der Waals surface area contributed by atoms with Crippen molar-refractivity contribution in [3.05, 3.63) is 23.8 Å². The van der Waals surface area contributed by atoms with Gasteiger partial charge in [-0.3, -0.25) is 0 Å². The summed E-state index contributed by atoms with van der Waals surface area (Å²) in [6.07, 6.45) is 6.44. The molecule has 0 amide bonds. The van der Waals surface area contributed by atoms with Gasteiger partial charge in [0, 0.05) is 5.57 Å². The van der Waals surface area contributed by atoms with Crippen LogP contribution in [0.2, 0.25) is 0 Å². The van der Waals surface area contributed by atoms with Gasteiger partial charge in [-0.15, -0.1) is 0 Å². The molecule has 0 radical (unpaired) electrons. The molecular weight excluding hydrogens is 134 g/mol. The molecule has 0 aliphatic heterocycles. The molecule has 0 aromatic rings. The molecule has 0 fully saturated rings. The van der Waals surface area contributed by atoms with E-state index in [4.69, 9.17) is 5.26 Å². The van der Waals surface area contributed by atoms with Crippen molar-refractivity contribution in [2.45, 2.75) is 34.1 Å². The van der Waals surface area contributed by atoms with E-state index in [1.165, 1.54) is 0 Å². The first-order chi connectivity index (χ1) is 5.35. The van der Waals surface area contributed by atoms with Gasteiger partial charge in [-0.1, -0.05) is 32.9 Å². The molecule has 0 saturated carbocycles. The summed E-state index contributed by atoms with van der Waals surface area (Å²) in [4.78, 5) is 0. The fourth-order valence-electron chi connectivity index (χ4n) is 0.447. The Labute approximate surface area is 70.0 Å². The minimum Gasteiger partial charge on any atom is -0.193 e. The number of hydrogen-bond acceptors (Lipinski definition) is 1. The fourth-order valence-corrected chi connectivity index (χ4v) is 0.447. The van der Waals surface area contributed by atoms with E-state index < -0.39 is 0 Å². The Morgan fingerprint density at radius 3 is 2.27 bits per heavy atom. The lowest BCUT2D eigenvalue weighted by Gasteiger charge is -1.83. The molecule has 0 aromatic heterocycles. The topological polar surface area (TPSA) is 23.8 Å². The summed E-state index contributed by atoms with van der Waals surface area (Å²) < 4.78 is 0. The van der Waals surface area contributed by atoms with Gasteiger partial charge in [-0.05, 0) is 19.4 Å². The third-order valence-corrected chi connectivity index (χ3v) is 1.01. The average Bonchev–Trinajstić information content (AvgIpc) is 2.10. The molecule has 0 aromatic carbocycles. The second-order valence-electron chi connectivity index (χ2n) is 1.68. The van der Waals surface area contributed by atoms with Crippen LogP contribution in [0.3, 0.4) is 0 Å². The second-order valence-corrected chi connectivity index (χ2v) is 1.68. The summed E-state index contributed by atoms with van der Waals surface area (Å²) >= 11 is 0. The van der Waals surface area contributed by atoms with E-state index in [1.807, 2.05) is 45.9 Å². The molecule has 0 saturated heterocycles. The van der Waals surface area contributed by atoms with Crippen LogP contribution in [0.1, 0.15) is 34.1 Å². The van der Waals surface area contributed by atoms with Crippen LogP contribution in [-0.2, 0) is 0 Å². The molecule has 0 atom stereocenters. The molecule has 62 valence electrons. The smallest absolute Gasteiger partial charge is 0.0946 e. The number of allylic oxidation sites excluding steroid dienone is 4. The summed E-state index contributed by atoms with van der Waals surface area (Å²) in [5, 5.41) is 8.40. The summed E-state index contributed by atoms with van der Waals surface area (Å²) in [6, 6.07) is 2.10. The Morgan fingerprint density at radius 1 is 1.45 bits per heavy atom. The van der Waals surface area contributed by atoms with Gasteiger partial charge >= 0.3 is 0 Å². The molecule has 0 unspecified atom stereocenters.